The number of fused-ring (bicyclic) bond motifs is 1. The molecule has 0 spiro atoms. The van der Waals surface area contributed by atoms with E-state index in [-0.39, 0.29) is 11.1 Å². The van der Waals surface area contributed by atoms with E-state index < -0.39 is 17.5 Å². The third-order valence-electron chi connectivity index (χ3n) is 4.95. The van der Waals surface area contributed by atoms with Gasteiger partial charge in [-0.15, -0.1) is 0 Å². The number of anilines is 2. The first-order valence-electron chi connectivity index (χ1n) is 8.19. The number of nitrogens with zero attached hydrogens (tertiary/aromatic N) is 1. The third kappa shape index (κ3) is 2.95. The summed E-state index contributed by atoms with van der Waals surface area (Å²) in [6.07, 6.45) is 1.65. The lowest BCUT2D eigenvalue weighted by Crippen LogP contribution is -2.21. The molecule has 6 heteroatoms. The van der Waals surface area contributed by atoms with Gasteiger partial charge in [-0.2, -0.15) is 0 Å². The molecular weight excluding hydrogens is 323 g/mol. The molecule has 0 radical (unpaired) electrons. The highest BCUT2D eigenvalue weighted by Gasteiger charge is 2.44. The quantitative estimate of drug-likeness (QED) is 0.840. The van der Waals surface area contributed by atoms with Crippen LogP contribution >= 0.6 is 0 Å². The van der Waals surface area contributed by atoms with Gasteiger partial charge in [0.15, 0.2) is 17.9 Å². The summed E-state index contributed by atoms with van der Waals surface area (Å²) in [5.74, 6) is -0.610. The molecule has 5 nitrogen and oxygen atoms in total. The van der Waals surface area contributed by atoms with Crippen molar-refractivity contribution in [3.63, 3.8) is 0 Å². The fourth-order valence-corrected chi connectivity index (χ4v) is 3.41. The van der Waals surface area contributed by atoms with Gasteiger partial charge in [-0.25, -0.2) is 4.39 Å². The number of amides is 1. The van der Waals surface area contributed by atoms with Crippen molar-refractivity contribution in [2.45, 2.75) is 6.42 Å². The number of carbonyl (C=O) groups is 2. The Labute approximate surface area is 144 Å². The van der Waals surface area contributed by atoms with Gasteiger partial charge in [-0.05, 0) is 54.7 Å². The topological polar surface area (TPSA) is 69.6 Å². The molecule has 128 valence electrons. The van der Waals surface area contributed by atoms with Crippen LogP contribution in [0.2, 0.25) is 0 Å². The Hall–Kier alpha value is -2.89. The summed E-state index contributed by atoms with van der Waals surface area (Å²) in [6.45, 7) is 2.19. The Morgan fingerprint density at radius 1 is 1.20 bits per heavy atom. The number of hydrogen-bond donors (Lipinski definition) is 2. The van der Waals surface area contributed by atoms with Gasteiger partial charge in [0.25, 0.3) is 5.91 Å². The number of halogens is 1. The lowest BCUT2D eigenvalue weighted by Gasteiger charge is -2.20. The standard InChI is InChI=1S/C19H17FN2O3/c20-17-7-11(5-14(10-23)18(17)24)19(25)21-15-1-3-16(4-2-15)22-8-12-6-13(12)9-22/h1-5,7,10,12-13,24H,6,8-9H2,(H,21,25). The fraction of sp³-hybridized carbons (Fsp3) is 0.263. The Morgan fingerprint density at radius 2 is 1.88 bits per heavy atom. The van der Waals surface area contributed by atoms with E-state index in [0.29, 0.717) is 12.0 Å². The normalized spacial score (nSPS) is 20.9. The fourth-order valence-electron chi connectivity index (χ4n) is 3.41. The first-order valence-corrected chi connectivity index (χ1v) is 8.19. The maximum Gasteiger partial charge on any atom is 0.255 e. The smallest absolute Gasteiger partial charge is 0.255 e. The molecule has 25 heavy (non-hydrogen) atoms. The molecule has 2 unspecified atom stereocenters. The largest absolute Gasteiger partial charge is 0.504 e. The van der Waals surface area contributed by atoms with Gasteiger partial charge in [-0.3, -0.25) is 9.59 Å². The minimum atomic E-state index is -1.00. The number of phenols is 1. The van der Waals surface area contributed by atoms with Crippen molar-refractivity contribution in [2.24, 2.45) is 11.8 Å². The molecule has 1 amide bonds. The van der Waals surface area contributed by atoms with Crippen molar-refractivity contribution in [3.05, 3.63) is 53.3 Å². The van der Waals surface area contributed by atoms with E-state index in [1.54, 1.807) is 12.1 Å². The van der Waals surface area contributed by atoms with Crippen LogP contribution in [-0.4, -0.2) is 30.4 Å². The highest BCUT2D eigenvalue weighted by molar-refractivity contribution is 6.05. The minimum absolute atomic E-state index is 0.0268. The number of piperidine rings is 1. The summed E-state index contributed by atoms with van der Waals surface area (Å²) in [6, 6.07) is 9.57. The predicted molar refractivity (Wildman–Crippen MR) is 91.7 cm³/mol. The van der Waals surface area contributed by atoms with Crippen LogP contribution in [0.4, 0.5) is 15.8 Å². The van der Waals surface area contributed by atoms with Gasteiger partial charge in [0, 0.05) is 30.0 Å². The Bertz CT molecular complexity index is 840. The number of carbonyl (C=O) groups excluding carboxylic acids is 2. The van der Waals surface area contributed by atoms with Gasteiger partial charge in [0.05, 0.1) is 5.56 Å². The van der Waals surface area contributed by atoms with Crippen LogP contribution in [0.1, 0.15) is 27.1 Å². The lowest BCUT2D eigenvalue weighted by atomic mass is 10.1. The van der Waals surface area contributed by atoms with E-state index in [1.165, 1.54) is 6.42 Å². The van der Waals surface area contributed by atoms with Crippen LogP contribution in [0, 0.1) is 17.7 Å². The van der Waals surface area contributed by atoms with Crippen molar-refractivity contribution in [1.29, 1.82) is 0 Å². The molecule has 1 saturated carbocycles. The van der Waals surface area contributed by atoms with E-state index in [9.17, 15) is 19.1 Å². The first-order chi connectivity index (χ1) is 12.0. The molecule has 1 saturated heterocycles. The Morgan fingerprint density at radius 3 is 2.52 bits per heavy atom. The zero-order valence-electron chi connectivity index (χ0n) is 13.4. The second-order valence-corrected chi connectivity index (χ2v) is 6.68. The summed E-state index contributed by atoms with van der Waals surface area (Å²) in [7, 11) is 0. The maximum absolute atomic E-state index is 13.6. The molecule has 0 aromatic heterocycles. The zero-order chi connectivity index (χ0) is 17.6. The van der Waals surface area contributed by atoms with Crippen LogP contribution in [0.3, 0.4) is 0 Å². The molecular formula is C19H17FN2O3. The molecule has 1 aliphatic carbocycles. The van der Waals surface area contributed by atoms with Crippen LogP contribution in [0.5, 0.6) is 5.75 Å². The Kier molecular flexibility index (Phi) is 3.67. The van der Waals surface area contributed by atoms with Gasteiger partial charge in [0.1, 0.15) is 0 Å². The van der Waals surface area contributed by atoms with E-state index in [1.807, 2.05) is 12.1 Å². The van der Waals surface area contributed by atoms with Crippen molar-refractivity contribution in [3.8, 4) is 5.75 Å². The molecule has 2 fully saturated rings. The summed E-state index contributed by atoms with van der Waals surface area (Å²) in [5, 5.41) is 12.1. The molecule has 2 aliphatic rings. The highest BCUT2D eigenvalue weighted by Crippen LogP contribution is 2.46. The summed E-state index contributed by atoms with van der Waals surface area (Å²) < 4.78 is 13.6. The summed E-state index contributed by atoms with van der Waals surface area (Å²) in [4.78, 5) is 25.4. The number of rotatable bonds is 4. The lowest BCUT2D eigenvalue weighted by molar-refractivity contribution is 0.102. The number of nitrogens with one attached hydrogen (secondary N) is 1. The number of benzene rings is 2. The van der Waals surface area contributed by atoms with E-state index in [4.69, 9.17) is 0 Å². The average Bonchev–Trinajstić information content (AvgIpc) is 3.23. The molecule has 2 N–H and O–H groups in total. The summed E-state index contributed by atoms with van der Waals surface area (Å²) >= 11 is 0. The maximum atomic E-state index is 13.6. The average molecular weight is 340 g/mol. The third-order valence-corrected chi connectivity index (χ3v) is 4.95. The van der Waals surface area contributed by atoms with Crippen molar-refractivity contribution < 1.29 is 19.1 Å². The Balaban J connectivity index is 1.47. The van der Waals surface area contributed by atoms with Gasteiger partial charge in [0.2, 0.25) is 0 Å². The molecule has 1 aliphatic heterocycles. The van der Waals surface area contributed by atoms with Crippen molar-refractivity contribution in [1.82, 2.24) is 0 Å². The monoisotopic (exact) mass is 340 g/mol. The molecule has 2 aromatic rings. The van der Waals surface area contributed by atoms with E-state index >= 15 is 0 Å². The van der Waals surface area contributed by atoms with Gasteiger partial charge >= 0.3 is 0 Å². The zero-order valence-corrected chi connectivity index (χ0v) is 13.4. The van der Waals surface area contributed by atoms with Crippen molar-refractivity contribution >= 4 is 23.6 Å². The van der Waals surface area contributed by atoms with Crippen LogP contribution in [0.25, 0.3) is 0 Å². The second kappa shape index (κ2) is 5.88. The van der Waals surface area contributed by atoms with E-state index in [2.05, 4.69) is 10.2 Å². The second-order valence-electron chi connectivity index (χ2n) is 6.68. The van der Waals surface area contributed by atoms with Crippen LogP contribution in [-0.2, 0) is 0 Å². The van der Waals surface area contributed by atoms with Crippen LogP contribution in [0.15, 0.2) is 36.4 Å². The van der Waals surface area contributed by atoms with Crippen LogP contribution < -0.4 is 10.2 Å². The van der Waals surface area contributed by atoms with Gasteiger partial charge < -0.3 is 15.3 Å². The van der Waals surface area contributed by atoms with Gasteiger partial charge in [-0.1, -0.05) is 0 Å². The first kappa shape index (κ1) is 15.6. The number of aldehydes is 1. The molecule has 4 rings (SSSR count). The number of phenolic OH excluding ortho intramolecular Hbond substituents is 1. The summed E-state index contributed by atoms with van der Waals surface area (Å²) in [5.41, 5.74) is 1.43. The predicted octanol–water partition coefficient (Wildman–Crippen LogP) is 3.05. The highest BCUT2D eigenvalue weighted by atomic mass is 19.1. The molecule has 0 bridgehead atoms. The molecule has 2 aromatic carbocycles. The minimum Gasteiger partial charge on any atom is -0.504 e. The number of hydrogen-bond acceptors (Lipinski definition) is 4. The molecule has 2 atom stereocenters. The van der Waals surface area contributed by atoms with Crippen molar-refractivity contribution in [2.75, 3.05) is 23.3 Å². The molecule has 1 heterocycles. The van der Waals surface area contributed by atoms with E-state index in [0.717, 1.165) is 42.7 Å². The number of aromatic hydroxyl groups is 1. The SMILES string of the molecule is O=Cc1cc(C(=O)Nc2ccc(N3CC4CC4C3)cc2)cc(F)c1O.